The fraction of sp³-hybridized carbons (Fsp3) is 0.312. The molecule has 1 aromatic carbocycles. The standard InChI is InChI=1S/C16H16N2O6/c1-3-23-14(19)16(15(20)24-4-2)12(10-13(17-16)18(21)22)11-8-6-5-7-9-11/h5-10H,3-4H2,1-2H3. The van der Waals surface area contributed by atoms with E-state index in [1.165, 1.54) is 0 Å². The molecule has 8 nitrogen and oxygen atoms in total. The first-order valence-corrected chi connectivity index (χ1v) is 7.33. The summed E-state index contributed by atoms with van der Waals surface area (Å²) in [6.45, 7) is 3.11. The molecule has 0 radical (unpaired) electrons. The number of amidine groups is 1. The van der Waals surface area contributed by atoms with Gasteiger partial charge in [0.05, 0.1) is 13.2 Å². The van der Waals surface area contributed by atoms with Crippen LogP contribution in [0.2, 0.25) is 0 Å². The first-order valence-electron chi connectivity index (χ1n) is 7.33. The van der Waals surface area contributed by atoms with Crippen LogP contribution in [0.15, 0.2) is 41.4 Å². The number of benzene rings is 1. The number of esters is 2. The van der Waals surface area contributed by atoms with E-state index in [1.54, 1.807) is 44.2 Å². The number of nitrogens with zero attached hydrogens (tertiary/aromatic N) is 2. The highest BCUT2D eigenvalue weighted by molar-refractivity contribution is 6.24. The fourth-order valence-electron chi connectivity index (χ4n) is 2.37. The summed E-state index contributed by atoms with van der Waals surface area (Å²) in [5.74, 6) is -2.61. The highest BCUT2D eigenvalue weighted by Crippen LogP contribution is 2.38. The smallest absolute Gasteiger partial charge is 0.376 e. The van der Waals surface area contributed by atoms with Gasteiger partial charge in [0.15, 0.2) is 0 Å². The van der Waals surface area contributed by atoms with Crippen LogP contribution in [0.4, 0.5) is 0 Å². The second kappa shape index (κ2) is 7.03. The van der Waals surface area contributed by atoms with Crippen molar-refractivity contribution < 1.29 is 24.0 Å². The van der Waals surface area contributed by atoms with Gasteiger partial charge >= 0.3 is 23.3 Å². The third-order valence-corrected chi connectivity index (χ3v) is 3.36. The van der Waals surface area contributed by atoms with Crippen LogP contribution in [-0.4, -0.2) is 41.5 Å². The lowest BCUT2D eigenvalue weighted by Gasteiger charge is -2.20. The van der Waals surface area contributed by atoms with Crippen molar-refractivity contribution in [1.82, 2.24) is 0 Å². The Balaban J connectivity index is 2.68. The van der Waals surface area contributed by atoms with E-state index in [-0.39, 0.29) is 18.8 Å². The number of carbonyl (C=O) groups is 2. The Bertz CT molecular complexity index is 705. The molecule has 0 saturated heterocycles. The Morgan fingerprint density at radius 2 is 1.67 bits per heavy atom. The molecule has 126 valence electrons. The Labute approximate surface area is 137 Å². The number of ether oxygens (including phenoxy) is 2. The van der Waals surface area contributed by atoms with Gasteiger partial charge in [-0.15, -0.1) is 0 Å². The van der Waals surface area contributed by atoms with Crippen LogP contribution in [0, 0.1) is 10.1 Å². The number of rotatable bonds is 5. The summed E-state index contributed by atoms with van der Waals surface area (Å²) in [5, 5.41) is 11.2. The molecule has 0 saturated carbocycles. The minimum Gasteiger partial charge on any atom is -0.462 e. The van der Waals surface area contributed by atoms with Crippen molar-refractivity contribution in [3.63, 3.8) is 0 Å². The van der Waals surface area contributed by atoms with Crippen molar-refractivity contribution in [2.75, 3.05) is 13.2 Å². The molecule has 0 amide bonds. The zero-order valence-electron chi connectivity index (χ0n) is 13.2. The van der Waals surface area contributed by atoms with E-state index in [0.29, 0.717) is 5.56 Å². The van der Waals surface area contributed by atoms with E-state index in [9.17, 15) is 19.7 Å². The maximum absolute atomic E-state index is 12.5. The van der Waals surface area contributed by atoms with E-state index >= 15 is 0 Å². The van der Waals surface area contributed by atoms with Crippen LogP contribution in [0.25, 0.3) is 5.57 Å². The molecule has 0 aromatic heterocycles. The molecule has 0 N–H and O–H groups in total. The van der Waals surface area contributed by atoms with E-state index in [2.05, 4.69) is 4.99 Å². The van der Waals surface area contributed by atoms with E-state index < -0.39 is 28.2 Å². The van der Waals surface area contributed by atoms with Crippen LogP contribution < -0.4 is 0 Å². The van der Waals surface area contributed by atoms with Gasteiger partial charge in [-0.2, -0.15) is 0 Å². The van der Waals surface area contributed by atoms with E-state index in [1.807, 2.05) is 0 Å². The number of nitro groups is 1. The minimum atomic E-state index is -2.23. The summed E-state index contributed by atoms with van der Waals surface area (Å²) >= 11 is 0. The van der Waals surface area contributed by atoms with Crippen LogP contribution >= 0.6 is 0 Å². The molecule has 0 spiro atoms. The number of hydrogen-bond donors (Lipinski definition) is 0. The molecule has 2 rings (SSSR count). The molecule has 0 atom stereocenters. The van der Waals surface area contributed by atoms with Gasteiger partial charge in [0.25, 0.3) is 0 Å². The Morgan fingerprint density at radius 3 is 2.12 bits per heavy atom. The highest BCUT2D eigenvalue weighted by atomic mass is 16.6. The summed E-state index contributed by atoms with van der Waals surface area (Å²) in [7, 11) is 0. The molecule has 1 aliphatic rings. The van der Waals surface area contributed by atoms with Gasteiger partial charge in [0.2, 0.25) is 0 Å². The zero-order valence-corrected chi connectivity index (χ0v) is 13.2. The van der Waals surface area contributed by atoms with Crippen molar-refractivity contribution in [2.45, 2.75) is 19.4 Å². The van der Waals surface area contributed by atoms with Gasteiger partial charge < -0.3 is 19.6 Å². The third-order valence-electron chi connectivity index (χ3n) is 3.36. The summed E-state index contributed by atoms with van der Waals surface area (Å²) < 4.78 is 9.93. The maximum Gasteiger partial charge on any atom is 0.376 e. The predicted octanol–water partition coefficient (Wildman–Crippen LogP) is 1.62. The van der Waals surface area contributed by atoms with E-state index in [4.69, 9.17) is 9.47 Å². The monoisotopic (exact) mass is 332 g/mol. The second-order valence-corrected chi connectivity index (χ2v) is 4.80. The lowest BCUT2D eigenvalue weighted by molar-refractivity contribution is -0.348. The maximum atomic E-state index is 12.5. The van der Waals surface area contributed by atoms with Gasteiger partial charge in [-0.05, 0) is 29.3 Å². The molecule has 8 heteroatoms. The molecule has 1 heterocycles. The van der Waals surface area contributed by atoms with Crippen LogP contribution in [0.1, 0.15) is 19.4 Å². The fourth-order valence-corrected chi connectivity index (χ4v) is 2.37. The molecular weight excluding hydrogens is 316 g/mol. The topological polar surface area (TPSA) is 108 Å². The molecule has 24 heavy (non-hydrogen) atoms. The van der Waals surface area contributed by atoms with Crippen molar-refractivity contribution >= 4 is 23.3 Å². The normalized spacial score (nSPS) is 15.2. The SMILES string of the molecule is CCOC(=O)C1(C(=O)OCC)N=C([N+](=O)[O-])C=C1c1ccccc1. The summed E-state index contributed by atoms with van der Waals surface area (Å²) in [6.07, 6.45) is 1.10. The largest absolute Gasteiger partial charge is 0.462 e. The quantitative estimate of drug-likeness (QED) is 0.351. The predicted molar refractivity (Wildman–Crippen MR) is 84.8 cm³/mol. The molecule has 0 unspecified atom stereocenters. The zero-order chi connectivity index (χ0) is 17.7. The summed E-state index contributed by atoms with van der Waals surface area (Å²) in [5.41, 5.74) is -1.72. The van der Waals surface area contributed by atoms with E-state index in [0.717, 1.165) is 6.08 Å². The Hall–Kier alpha value is -3.03. The minimum absolute atomic E-state index is 0.00856. The first-order chi connectivity index (χ1) is 11.5. The van der Waals surface area contributed by atoms with Gasteiger partial charge in [-0.1, -0.05) is 30.3 Å². The lowest BCUT2D eigenvalue weighted by atomic mass is 9.86. The van der Waals surface area contributed by atoms with Crippen LogP contribution in [0.5, 0.6) is 0 Å². The van der Waals surface area contributed by atoms with Crippen molar-refractivity contribution in [1.29, 1.82) is 0 Å². The van der Waals surface area contributed by atoms with Gasteiger partial charge in [-0.25, -0.2) is 9.59 Å². The summed E-state index contributed by atoms with van der Waals surface area (Å²) in [6, 6.07) is 8.35. The summed E-state index contributed by atoms with van der Waals surface area (Å²) in [4.78, 5) is 39.3. The molecular formula is C16H16N2O6. The molecule has 1 aromatic rings. The average Bonchev–Trinajstić information content (AvgIpc) is 2.98. The number of hydrogen-bond acceptors (Lipinski definition) is 7. The van der Waals surface area contributed by atoms with Crippen molar-refractivity contribution in [3.8, 4) is 0 Å². The molecule has 1 aliphatic heterocycles. The number of aliphatic imine (C=N–C) groups is 1. The highest BCUT2D eigenvalue weighted by Gasteiger charge is 2.62. The third kappa shape index (κ3) is 2.90. The number of carbonyl (C=O) groups excluding carboxylic acids is 2. The van der Waals surface area contributed by atoms with Gasteiger partial charge in [-0.3, -0.25) is 0 Å². The van der Waals surface area contributed by atoms with Crippen LogP contribution in [0.3, 0.4) is 0 Å². The Morgan fingerprint density at radius 1 is 1.12 bits per heavy atom. The first kappa shape index (κ1) is 17.3. The average molecular weight is 332 g/mol. The second-order valence-electron chi connectivity index (χ2n) is 4.80. The molecule has 0 aliphatic carbocycles. The van der Waals surface area contributed by atoms with Gasteiger partial charge in [0, 0.05) is 11.6 Å². The van der Waals surface area contributed by atoms with Gasteiger partial charge in [0.1, 0.15) is 0 Å². The molecule has 0 fully saturated rings. The van der Waals surface area contributed by atoms with Crippen molar-refractivity contribution in [2.24, 2.45) is 4.99 Å². The van der Waals surface area contributed by atoms with Crippen molar-refractivity contribution in [3.05, 3.63) is 52.1 Å². The Kier molecular flexibility index (Phi) is 5.08. The lowest BCUT2D eigenvalue weighted by Crippen LogP contribution is -2.47. The van der Waals surface area contributed by atoms with Crippen LogP contribution in [-0.2, 0) is 19.1 Å². The molecule has 0 bridgehead atoms.